The lowest BCUT2D eigenvalue weighted by molar-refractivity contribution is 0.416. The predicted octanol–water partition coefficient (Wildman–Crippen LogP) is 2.94. The Labute approximate surface area is 89.6 Å². The average Bonchev–Trinajstić information content (AvgIpc) is 2.29. The quantitative estimate of drug-likeness (QED) is 0.740. The number of para-hydroxylation sites is 1. The van der Waals surface area contributed by atoms with Gasteiger partial charge in [-0.1, -0.05) is 18.2 Å². The van der Waals surface area contributed by atoms with Crippen molar-refractivity contribution in [2.24, 2.45) is 0 Å². The first-order valence-electron chi connectivity index (χ1n) is 4.71. The first-order chi connectivity index (χ1) is 7.31. The van der Waals surface area contributed by atoms with Crippen molar-refractivity contribution >= 4 is 0 Å². The van der Waals surface area contributed by atoms with Gasteiger partial charge in [0.15, 0.2) is 0 Å². The third-order valence-electron chi connectivity index (χ3n) is 2.21. The van der Waals surface area contributed by atoms with Gasteiger partial charge in [0, 0.05) is 23.5 Å². The van der Waals surface area contributed by atoms with Gasteiger partial charge in [-0.05, 0) is 24.6 Å². The highest BCUT2D eigenvalue weighted by atomic mass is 16.5. The number of rotatable bonds is 2. The van der Waals surface area contributed by atoms with Crippen LogP contribution in [0.3, 0.4) is 0 Å². The Kier molecular flexibility index (Phi) is 2.68. The zero-order valence-electron chi connectivity index (χ0n) is 8.60. The van der Waals surface area contributed by atoms with Gasteiger partial charge in [-0.3, -0.25) is 4.98 Å². The Morgan fingerprint density at radius 1 is 1.20 bits per heavy atom. The standard InChI is InChI=1S/C13H12NO/c1-10-7-11(9-14-8-10)12-5-3-4-6-13(12)15-2/h3-9H,1H2,2H3. The molecule has 2 heteroatoms. The van der Waals surface area contributed by atoms with Crippen molar-refractivity contribution in [3.63, 3.8) is 0 Å². The van der Waals surface area contributed by atoms with Gasteiger partial charge in [-0.25, -0.2) is 0 Å². The fourth-order valence-electron chi connectivity index (χ4n) is 1.52. The van der Waals surface area contributed by atoms with E-state index in [1.165, 1.54) is 0 Å². The molecule has 1 aromatic carbocycles. The molecule has 0 amide bonds. The minimum absolute atomic E-state index is 0.852. The van der Waals surface area contributed by atoms with Crippen LogP contribution in [0.2, 0.25) is 0 Å². The van der Waals surface area contributed by atoms with E-state index >= 15 is 0 Å². The number of pyridine rings is 1. The maximum atomic E-state index is 5.29. The van der Waals surface area contributed by atoms with Crippen LogP contribution in [0, 0.1) is 6.92 Å². The number of benzene rings is 1. The van der Waals surface area contributed by atoms with E-state index in [0.29, 0.717) is 0 Å². The number of nitrogens with zero attached hydrogens (tertiary/aromatic N) is 1. The number of hydrogen-bond donors (Lipinski definition) is 0. The minimum Gasteiger partial charge on any atom is -0.496 e. The first-order valence-corrected chi connectivity index (χ1v) is 4.71. The molecule has 2 rings (SSSR count). The lowest BCUT2D eigenvalue weighted by Crippen LogP contribution is -1.88. The van der Waals surface area contributed by atoms with Crippen LogP contribution in [0.1, 0.15) is 5.56 Å². The molecule has 0 aliphatic heterocycles. The van der Waals surface area contributed by atoms with Crippen LogP contribution in [0.25, 0.3) is 11.1 Å². The molecule has 0 atom stereocenters. The molecule has 0 bridgehead atoms. The summed E-state index contributed by atoms with van der Waals surface area (Å²) in [4.78, 5) is 4.12. The maximum absolute atomic E-state index is 5.29. The number of hydrogen-bond acceptors (Lipinski definition) is 2. The van der Waals surface area contributed by atoms with Crippen LogP contribution < -0.4 is 4.74 Å². The molecule has 0 N–H and O–H groups in total. The predicted molar refractivity (Wildman–Crippen MR) is 60.7 cm³/mol. The minimum atomic E-state index is 0.852. The summed E-state index contributed by atoms with van der Waals surface area (Å²) in [7, 11) is 1.67. The summed E-state index contributed by atoms with van der Waals surface area (Å²) in [6.45, 7) is 3.86. The topological polar surface area (TPSA) is 22.1 Å². The van der Waals surface area contributed by atoms with Crippen LogP contribution in [0.5, 0.6) is 5.75 Å². The van der Waals surface area contributed by atoms with Crippen molar-refractivity contribution in [2.45, 2.75) is 0 Å². The molecule has 1 aromatic heterocycles. The summed E-state index contributed by atoms with van der Waals surface area (Å²) < 4.78 is 5.29. The fourth-order valence-corrected chi connectivity index (χ4v) is 1.52. The van der Waals surface area contributed by atoms with Gasteiger partial charge in [0.25, 0.3) is 0 Å². The largest absolute Gasteiger partial charge is 0.496 e. The smallest absolute Gasteiger partial charge is 0.126 e. The third kappa shape index (κ3) is 1.99. The van der Waals surface area contributed by atoms with Gasteiger partial charge in [-0.15, -0.1) is 0 Å². The van der Waals surface area contributed by atoms with Crippen LogP contribution in [-0.2, 0) is 0 Å². The second kappa shape index (κ2) is 4.13. The number of methoxy groups -OCH3 is 1. The highest BCUT2D eigenvalue weighted by molar-refractivity contribution is 5.70. The van der Waals surface area contributed by atoms with Crippen LogP contribution >= 0.6 is 0 Å². The summed E-state index contributed by atoms with van der Waals surface area (Å²) in [5.41, 5.74) is 2.97. The van der Waals surface area contributed by atoms with Gasteiger partial charge in [0.2, 0.25) is 0 Å². The van der Waals surface area contributed by atoms with Crippen molar-refractivity contribution in [3.8, 4) is 16.9 Å². The fraction of sp³-hybridized carbons (Fsp3) is 0.0769. The second-order valence-corrected chi connectivity index (χ2v) is 3.28. The molecule has 15 heavy (non-hydrogen) atoms. The summed E-state index contributed by atoms with van der Waals surface area (Å²) in [6.07, 6.45) is 3.55. The Balaban J connectivity index is 2.53. The molecule has 0 unspecified atom stereocenters. The van der Waals surface area contributed by atoms with E-state index in [-0.39, 0.29) is 0 Å². The van der Waals surface area contributed by atoms with E-state index in [2.05, 4.69) is 11.9 Å². The molecule has 1 heterocycles. The monoisotopic (exact) mass is 198 g/mol. The molecule has 0 aliphatic rings. The summed E-state index contributed by atoms with van der Waals surface area (Å²) >= 11 is 0. The molecule has 75 valence electrons. The normalized spacial score (nSPS) is 10.0. The molecule has 1 radical (unpaired) electrons. The summed E-state index contributed by atoms with van der Waals surface area (Å²) in [6, 6.07) is 9.86. The highest BCUT2D eigenvalue weighted by Gasteiger charge is 2.04. The van der Waals surface area contributed by atoms with E-state index in [1.54, 1.807) is 13.3 Å². The van der Waals surface area contributed by atoms with Crippen LogP contribution in [0.4, 0.5) is 0 Å². The average molecular weight is 198 g/mol. The molecule has 0 aliphatic carbocycles. The van der Waals surface area contributed by atoms with Gasteiger partial charge < -0.3 is 4.74 Å². The van der Waals surface area contributed by atoms with E-state index in [9.17, 15) is 0 Å². The summed E-state index contributed by atoms with van der Waals surface area (Å²) in [5.74, 6) is 0.852. The van der Waals surface area contributed by atoms with Crippen molar-refractivity contribution in [2.75, 3.05) is 7.11 Å². The Bertz CT molecular complexity index is 466. The molecular formula is C13H12NO. The molecule has 0 spiro atoms. The molecule has 0 saturated carbocycles. The zero-order valence-corrected chi connectivity index (χ0v) is 8.60. The van der Waals surface area contributed by atoms with Crippen molar-refractivity contribution in [3.05, 3.63) is 55.2 Å². The third-order valence-corrected chi connectivity index (χ3v) is 2.21. The SMILES string of the molecule is [CH2]c1cncc(-c2ccccc2OC)c1. The number of aromatic nitrogens is 1. The van der Waals surface area contributed by atoms with Gasteiger partial charge in [0.1, 0.15) is 5.75 Å². The Morgan fingerprint density at radius 2 is 2.00 bits per heavy atom. The maximum Gasteiger partial charge on any atom is 0.126 e. The van der Waals surface area contributed by atoms with Gasteiger partial charge in [-0.2, -0.15) is 0 Å². The highest BCUT2D eigenvalue weighted by Crippen LogP contribution is 2.29. The van der Waals surface area contributed by atoms with E-state index in [1.807, 2.05) is 36.5 Å². The van der Waals surface area contributed by atoms with E-state index in [0.717, 1.165) is 22.4 Å². The number of ether oxygens (including phenoxy) is 1. The van der Waals surface area contributed by atoms with E-state index in [4.69, 9.17) is 4.74 Å². The second-order valence-electron chi connectivity index (χ2n) is 3.28. The van der Waals surface area contributed by atoms with Crippen LogP contribution in [0.15, 0.2) is 42.7 Å². The molecule has 0 saturated heterocycles. The lowest BCUT2D eigenvalue weighted by atomic mass is 10.1. The molecular weight excluding hydrogens is 186 g/mol. The lowest BCUT2D eigenvalue weighted by Gasteiger charge is -2.07. The Morgan fingerprint density at radius 3 is 2.73 bits per heavy atom. The first kappa shape index (κ1) is 9.71. The van der Waals surface area contributed by atoms with E-state index < -0.39 is 0 Å². The molecule has 2 aromatic rings. The zero-order chi connectivity index (χ0) is 10.7. The van der Waals surface area contributed by atoms with Crippen LogP contribution in [-0.4, -0.2) is 12.1 Å². The van der Waals surface area contributed by atoms with Crippen molar-refractivity contribution in [1.29, 1.82) is 0 Å². The van der Waals surface area contributed by atoms with Gasteiger partial charge >= 0.3 is 0 Å². The Hall–Kier alpha value is -1.83. The molecule has 2 nitrogen and oxygen atoms in total. The van der Waals surface area contributed by atoms with Gasteiger partial charge in [0.05, 0.1) is 7.11 Å². The van der Waals surface area contributed by atoms with Crippen molar-refractivity contribution < 1.29 is 4.74 Å². The summed E-state index contributed by atoms with van der Waals surface area (Å²) in [5, 5.41) is 0. The van der Waals surface area contributed by atoms with Crippen molar-refractivity contribution in [1.82, 2.24) is 4.98 Å². The molecule has 0 fully saturated rings.